The Morgan fingerprint density at radius 3 is 2.82 bits per heavy atom. The van der Waals surface area contributed by atoms with Gasteiger partial charge >= 0.3 is 0 Å². The van der Waals surface area contributed by atoms with Crippen LogP contribution in [0.25, 0.3) is 0 Å². The predicted octanol–water partition coefficient (Wildman–Crippen LogP) is 3.78. The lowest BCUT2D eigenvalue weighted by Gasteiger charge is -2.52. The Morgan fingerprint density at radius 1 is 1.29 bits per heavy atom. The average Bonchev–Trinajstić information content (AvgIpc) is 3.37. The molecule has 2 atom stereocenters. The maximum Gasteiger partial charge on any atom is 0.156 e. The van der Waals surface area contributed by atoms with E-state index in [0.29, 0.717) is 12.0 Å². The minimum Gasteiger partial charge on any atom is -0.367 e. The first-order valence-electron chi connectivity index (χ1n) is 9.94. The van der Waals surface area contributed by atoms with Gasteiger partial charge in [-0.25, -0.2) is 4.98 Å². The zero-order chi connectivity index (χ0) is 19.6. The van der Waals surface area contributed by atoms with Crippen molar-refractivity contribution < 1.29 is 4.52 Å². The van der Waals surface area contributed by atoms with E-state index >= 15 is 0 Å². The van der Waals surface area contributed by atoms with Crippen LogP contribution in [-0.4, -0.2) is 28.2 Å². The van der Waals surface area contributed by atoms with Crippen molar-refractivity contribution in [3.8, 4) is 0 Å². The third-order valence-electron chi connectivity index (χ3n) is 6.19. The Balaban J connectivity index is 1.29. The van der Waals surface area contributed by atoms with Crippen LogP contribution in [0.15, 0.2) is 53.3 Å². The van der Waals surface area contributed by atoms with Gasteiger partial charge in [-0.2, -0.15) is 0 Å². The summed E-state index contributed by atoms with van der Waals surface area (Å²) in [7, 11) is 2.07. The van der Waals surface area contributed by atoms with Crippen LogP contribution >= 0.6 is 0 Å². The monoisotopic (exact) mass is 379 g/mol. The molecule has 1 saturated carbocycles. The van der Waals surface area contributed by atoms with Crippen molar-refractivity contribution in [2.45, 2.75) is 45.8 Å². The first kappa shape index (κ1) is 18.7. The number of aromatic nitrogens is 3. The van der Waals surface area contributed by atoms with E-state index in [4.69, 9.17) is 4.52 Å². The summed E-state index contributed by atoms with van der Waals surface area (Å²) in [6.07, 6.45) is 5.77. The highest BCUT2D eigenvalue weighted by Gasteiger charge is 2.47. The zero-order valence-electron chi connectivity index (χ0n) is 16.9. The Bertz CT molecular complexity index is 871. The first-order valence-corrected chi connectivity index (χ1v) is 9.94. The van der Waals surface area contributed by atoms with Crippen LogP contribution in [0.4, 0.5) is 5.69 Å². The molecule has 4 rings (SSSR count). The number of para-hydroxylation sites is 1. The molecular formula is C22H29N5O. The number of hydrogen-bond donors (Lipinski definition) is 2. The number of hydrogen-bond acceptors (Lipinski definition) is 5. The topological polar surface area (TPSA) is 70.0 Å². The zero-order valence-corrected chi connectivity index (χ0v) is 16.9. The molecule has 6 nitrogen and oxygen atoms in total. The Labute approximate surface area is 166 Å². The van der Waals surface area contributed by atoms with Crippen LogP contribution in [0, 0.1) is 11.3 Å². The number of nitrogens with zero attached hydrogens (tertiary/aromatic N) is 3. The summed E-state index contributed by atoms with van der Waals surface area (Å²) in [5, 5.41) is 7.96. The summed E-state index contributed by atoms with van der Waals surface area (Å²) < 4.78 is 5.60. The smallest absolute Gasteiger partial charge is 0.156 e. The summed E-state index contributed by atoms with van der Waals surface area (Å²) in [4.78, 5) is 9.61. The molecule has 2 heterocycles. The molecule has 3 aromatic rings. The SMILES string of the molecule is CN(Cc1cc(C[C@@H]2C[C@H](NCc3ncc[nH]3)C2(C)C)no1)c1ccccc1. The summed E-state index contributed by atoms with van der Waals surface area (Å²) in [5.41, 5.74) is 2.46. The van der Waals surface area contributed by atoms with E-state index in [9.17, 15) is 0 Å². The molecule has 0 unspecified atom stereocenters. The molecule has 0 saturated heterocycles. The average molecular weight is 380 g/mol. The van der Waals surface area contributed by atoms with Crippen molar-refractivity contribution in [3.63, 3.8) is 0 Å². The number of imidazole rings is 1. The molecule has 1 aromatic carbocycles. The minimum atomic E-state index is 0.229. The Hall–Kier alpha value is -2.60. The molecule has 0 radical (unpaired) electrons. The normalized spacial score (nSPS) is 20.7. The highest BCUT2D eigenvalue weighted by molar-refractivity contribution is 5.45. The molecule has 0 aliphatic heterocycles. The molecule has 6 heteroatoms. The summed E-state index contributed by atoms with van der Waals surface area (Å²) in [6, 6.07) is 12.9. The second kappa shape index (κ2) is 7.80. The molecule has 0 spiro atoms. The first-order chi connectivity index (χ1) is 13.5. The third kappa shape index (κ3) is 3.97. The fraction of sp³-hybridized carbons (Fsp3) is 0.455. The predicted molar refractivity (Wildman–Crippen MR) is 110 cm³/mol. The maximum atomic E-state index is 5.60. The van der Waals surface area contributed by atoms with Gasteiger partial charge in [-0.15, -0.1) is 0 Å². The Kier molecular flexibility index (Phi) is 5.22. The van der Waals surface area contributed by atoms with Gasteiger partial charge < -0.3 is 19.7 Å². The number of anilines is 1. The summed E-state index contributed by atoms with van der Waals surface area (Å²) in [6.45, 7) is 6.18. The lowest BCUT2D eigenvalue weighted by Crippen LogP contribution is -2.57. The van der Waals surface area contributed by atoms with Gasteiger partial charge in [0.25, 0.3) is 0 Å². The van der Waals surface area contributed by atoms with Gasteiger partial charge in [0, 0.05) is 37.2 Å². The van der Waals surface area contributed by atoms with Gasteiger partial charge in [0.05, 0.1) is 18.8 Å². The van der Waals surface area contributed by atoms with E-state index in [-0.39, 0.29) is 5.41 Å². The van der Waals surface area contributed by atoms with Crippen molar-refractivity contribution in [2.24, 2.45) is 11.3 Å². The highest BCUT2D eigenvalue weighted by Crippen LogP contribution is 2.47. The fourth-order valence-corrected chi connectivity index (χ4v) is 4.11. The van der Waals surface area contributed by atoms with Crippen LogP contribution in [0.1, 0.15) is 37.5 Å². The van der Waals surface area contributed by atoms with E-state index in [1.807, 2.05) is 24.4 Å². The van der Waals surface area contributed by atoms with Crippen molar-refractivity contribution >= 4 is 5.69 Å². The fourth-order valence-electron chi connectivity index (χ4n) is 4.11. The van der Waals surface area contributed by atoms with Crippen molar-refractivity contribution in [2.75, 3.05) is 11.9 Å². The van der Waals surface area contributed by atoms with Crippen LogP contribution in [-0.2, 0) is 19.5 Å². The highest BCUT2D eigenvalue weighted by atomic mass is 16.5. The summed E-state index contributed by atoms with van der Waals surface area (Å²) >= 11 is 0. The molecular weight excluding hydrogens is 350 g/mol. The maximum absolute atomic E-state index is 5.60. The molecule has 1 aliphatic rings. The van der Waals surface area contributed by atoms with Gasteiger partial charge in [0.1, 0.15) is 5.82 Å². The van der Waals surface area contributed by atoms with Crippen LogP contribution in [0.5, 0.6) is 0 Å². The quantitative estimate of drug-likeness (QED) is 0.623. The Morgan fingerprint density at radius 2 is 2.11 bits per heavy atom. The van der Waals surface area contributed by atoms with Crippen LogP contribution in [0.2, 0.25) is 0 Å². The molecule has 0 bridgehead atoms. The van der Waals surface area contributed by atoms with Crippen LogP contribution in [0.3, 0.4) is 0 Å². The molecule has 1 fully saturated rings. The number of nitrogens with one attached hydrogen (secondary N) is 2. The number of H-pyrrole nitrogens is 1. The van der Waals surface area contributed by atoms with Crippen molar-refractivity contribution in [1.29, 1.82) is 0 Å². The lowest BCUT2D eigenvalue weighted by molar-refractivity contribution is 0.0121. The van der Waals surface area contributed by atoms with Gasteiger partial charge in [-0.3, -0.25) is 0 Å². The molecule has 28 heavy (non-hydrogen) atoms. The van der Waals surface area contributed by atoms with Crippen molar-refractivity contribution in [1.82, 2.24) is 20.4 Å². The van der Waals surface area contributed by atoms with E-state index in [0.717, 1.165) is 43.2 Å². The van der Waals surface area contributed by atoms with E-state index in [1.54, 1.807) is 6.20 Å². The van der Waals surface area contributed by atoms with Gasteiger partial charge in [0.2, 0.25) is 0 Å². The largest absolute Gasteiger partial charge is 0.367 e. The number of aromatic amines is 1. The van der Waals surface area contributed by atoms with Gasteiger partial charge in [-0.05, 0) is 36.3 Å². The van der Waals surface area contributed by atoms with Gasteiger partial charge in [-0.1, -0.05) is 37.2 Å². The molecule has 148 valence electrons. The molecule has 0 amide bonds. The molecule has 1 aliphatic carbocycles. The van der Waals surface area contributed by atoms with E-state index in [2.05, 4.69) is 64.4 Å². The van der Waals surface area contributed by atoms with E-state index < -0.39 is 0 Å². The lowest BCUT2D eigenvalue weighted by atomic mass is 9.57. The molecule has 2 N–H and O–H groups in total. The second-order valence-electron chi connectivity index (χ2n) is 8.40. The summed E-state index contributed by atoms with van der Waals surface area (Å²) in [5.74, 6) is 2.50. The van der Waals surface area contributed by atoms with Gasteiger partial charge in [0.15, 0.2) is 5.76 Å². The number of rotatable bonds is 8. The third-order valence-corrected chi connectivity index (χ3v) is 6.19. The van der Waals surface area contributed by atoms with Crippen LogP contribution < -0.4 is 10.2 Å². The second-order valence-corrected chi connectivity index (χ2v) is 8.40. The molecule has 2 aromatic heterocycles. The van der Waals surface area contributed by atoms with Crippen molar-refractivity contribution in [3.05, 3.63) is 66.1 Å². The van der Waals surface area contributed by atoms with E-state index in [1.165, 1.54) is 5.69 Å². The minimum absolute atomic E-state index is 0.229. The standard InChI is InChI=1S/C22H29N5O/c1-22(2)16(12-20(22)25-14-21-23-9-10-24-21)11-17-13-19(28-26-17)15-27(3)18-7-5-4-6-8-18/h4-10,13,16,20,25H,11-12,14-15H2,1-3H3,(H,23,24)/t16-,20+/m1/s1. The number of benzene rings is 1.